The summed E-state index contributed by atoms with van der Waals surface area (Å²) in [5.74, 6) is 0.431. The number of carbonyl (C=O) groups is 1. The number of amides is 1. The molecule has 2 heterocycles. The summed E-state index contributed by atoms with van der Waals surface area (Å²) in [4.78, 5) is 24.3. The largest absolute Gasteiger partial charge is 0.383 e. The highest BCUT2D eigenvalue weighted by Crippen LogP contribution is 2.24. The Morgan fingerprint density at radius 2 is 2.10 bits per heavy atom. The van der Waals surface area contributed by atoms with Gasteiger partial charge >= 0.3 is 0 Å². The van der Waals surface area contributed by atoms with Crippen LogP contribution < -0.4 is 16.8 Å². The van der Waals surface area contributed by atoms with Crippen LogP contribution in [-0.4, -0.2) is 26.1 Å². The fraction of sp³-hybridized carbons (Fsp3) is 0.231. The fourth-order valence-electron chi connectivity index (χ4n) is 1.62. The average Bonchev–Trinajstić information content (AvgIpc) is 2.44. The summed E-state index contributed by atoms with van der Waals surface area (Å²) in [5, 5.41) is 2.85. The van der Waals surface area contributed by atoms with Gasteiger partial charge in [-0.05, 0) is 18.6 Å². The molecule has 21 heavy (non-hydrogen) atoms. The lowest BCUT2D eigenvalue weighted by atomic mass is 10.3. The maximum Gasteiger partial charge on any atom is 0.238 e. The highest BCUT2D eigenvalue weighted by atomic mass is 32.2. The highest BCUT2D eigenvalue weighted by molar-refractivity contribution is 8.00. The molecule has 2 aromatic heterocycles. The average molecular weight is 304 g/mol. The number of nitrogens with two attached hydrogens (primary N) is 2. The Morgan fingerprint density at radius 1 is 1.38 bits per heavy atom. The zero-order valence-electron chi connectivity index (χ0n) is 11.5. The van der Waals surface area contributed by atoms with Gasteiger partial charge in [0.15, 0.2) is 5.16 Å². The topological polar surface area (TPSA) is 120 Å². The van der Waals surface area contributed by atoms with Gasteiger partial charge in [0.1, 0.15) is 11.6 Å². The van der Waals surface area contributed by atoms with Gasteiger partial charge in [-0.15, -0.1) is 0 Å². The second-order valence-corrected chi connectivity index (χ2v) is 5.42. The molecule has 2 rings (SSSR count). The molecule has 5 N–H and O–H groups in total. The number of thioether (sulfide) groups is 1. The number of aromatic nitrogens is 3. The quantitative estimate of drug-likeness (QED) is 0.566. The van der Waals surface area contributed by atoms with Crippen molar-refractivity contribution in [2.24, 2.45) is 0 Å². The number of nitrogen functional groups attached to an aromatic ring is 2. The summed E-state index contributed by atoms with van der Waals surface area (Å²) < 4.78 is 0. The zero-order chi connectivity index (χ0) is 15.2. The van der Waals surface area contributed by atoms with Crippen LogP contribution in [0.5, 0.6) is 0 Å². The Labute approximate surface area is 126 Å². The molecule has 0 radical (unpaired) electrons. The van der Waals surface area contributed by atoms with Crippen molar-refractivity contribution in [2.75, 3.05) is 16.8 Å². The first-order chi connectivity index (χ1) is 10.1. The van der Waals surface area contributed by atoms with Gasteiger partial charge in [-0.2, -0.15) is 0 Å². The zero-order valence-corrected chi connectivity index (χ0v) is 12.3. The number of anilines is 3. The normalized spacial score (nSPS) is 11.9. The maximum absolute atomic E-state index is 12.2. The lowest BCUT2D eigenvalue weighted by molar-refractivity contribution is -0.115. The Balaban J connectivity index is 2.07. The highest BCUT2D eigenvalue weighted by Gasteiger charge is 2.20. The van der Waals surface area contributed by atoms with E-state index in [0.717, 1.165) is 0 Å². The molecule has 0 aliphatic carbocycles. The van der Waals surface area contributed by atoms with E-state index in [-0.39, 0.29) is 22.8 Å². The summed E-state index contributed by atoms with van der Waals surface area (Å²) in [7, 11) is 0. The van der Waals surface area contributed by atoms with Gasteiger partial charge in [0.25, 0.3) is 0 Å². The van der Waals surface area contributed by atoms with Crippen LogP contribution in [0.4, 0.5) is 17.3 Å². The third kappa shape index (κ3) is 4.32. The first kappa shape index (κ1) is 15.0. The van der Waals surface area contributed by atoms with Crippen molar-refractivity contribution >= 4 is 35.0 Å². The summed E-state index contributed by atoms with van der Waals surface area (Å²) in [6.07, 6.45) is 3.85. The maximum atomic E-state index is 12.2. The number of carbonyl (C=O) groups excluding carboxylic acids is 1. The van der Waals surface area contributed by atoms with Crippen LogP contribution in [0.25, 0.3) is 0 Å². The summed E-state index contributed by atoms with van der Waals surface area (Å²) in [5.41, 5.74) is 11.9. The van der Waals surface area contributed by atoms with Crippen molar-refractivity contribution in [1.29, 1.82) is 0 Å². The van der Waals surface area contributed by atoms with Gasteiger partial charge in [0.05, 0.1) is 17.1 Å². The van der Waals surface area contributed by atoms with E-state index in [9.17, 15) is 4.79 Å². The standard InChI is InChI=1S/C13H16N6OS/c1-2-9(12(20)17-8-4-3-5-16-7-8)21-13-18-10(14)6-11(15)19-13/h3-7,9H,2H2,1H3,(H,17,20)(H4,14,15,18,19). The van der Waals surface area contributed by atoms with E-state index in [2.05, 4.69) is 20.3 Å². The molecule has 0 aromatic carbocycles. The van der Waals surface area contributed by atoms with Crippen LogP contribution >= 0.6 is 11.8 Å². The SMILES string of the molecule is CCC(Sc1nc(N)cc(N)n1)C(=O)Nc1cccnc1. The third-order valence-corrected chi connectivity index (χ3v) is 3.81. The van der Waals surface area contributed by atoms with Crippen molar-refractivity contribution < 1.29 is 4.79 Å². The lowest BCUT2D eigenvalue weighted by Crippen LogP contribution is -2.25. The smallest absolute Gasteiger partial charge is 0.238 e. The molecule has 1 atom stereocenters. The van der Waals surface area contributed by atoms with Crippen molar-refractivity contribution in [1.82, 2.24) is 15.0 Å². The number of pyridine rings is 1. The molecule has 0 aliphatic heterocycles. The second-order valence-electron chi connectivity index (χ2n) is 4.25. The van der Waals surface area contributed by atoms with Crippen molar-refractivity contribution in [3.63, 3.8) is 0 Å². The van der Waals surface area contributed by atoms with E-state index in [0.29, 0.717) is 17.3 Å². The first-order valence-corrected chi connectivity index (χ1v) is 7.24. The van der Waals surface area contributed by atoms with Gasteiger partial charge in [-0.1, -0.05) is 18.7 Å². The minimum atomic E-state index is -0.341. The van der Waals surface area contributed by atoms with Gasteiger partial charge < -0.3 is 16.8 Å². The van der Waals surface area contributed by atoms with E-state index in [4.69, 9.17) is 11.5 Å². The lowest BCUT2D eigenvalue weighted by Gasteiger charge is -2.13. The molecular formula is C13H16N6OS. The third-order valence-electron chi connectivity index (χ3n) is 2.59. The van der Waals surface area contributed by atoms with E-state index in [1.54, 1.807) is 24.5 Å². The predicted octanol–water partition coefficient (Wildman–Crippen LogP) is 1.55. The monoisotopic (exact) mass is 304 g/mol. The first-order valence-electron chi connectivity index (χ1n) is 6.36. The summed E-state index contributed by atoms with van der Waals surface area (Å²) in [6, 6.07) is 5.00. The van der Waals surface area contributed by atoms with E-state index < -0.39 is 0 Å². The van der Waals surface area contributed by atoms with E-state index in [1.807, 2.05) is 6.92 Å². The Morgan fingerprint density at radius 3 is 2.67 bits per heavy atom. The number of nitrogens with one attached hydrogen (secondary N) is 1. The van der Waals surface area contributed by atoms with Gasteiger partial charge in [-0.3, -0.25) is 9.78 Å². The van der Waals surface area contributed by atoms with E-state index in [1.165, 1.54) is 17.8 Å². The summed E-state index contributed by atoms with van der Waals surface area (Å²) in [6.45, 7) is 1.91. The molecule has 0 fully saturated rings. The molecule has 0 saturated carbocycles. The van der Waals surface area contributed by atoms with Crippen molar-refractivity contribution in [3.05, 3.63) is 30.6 Å². The second kappa shape index (κ2) is 6.89. The van der Waals surface area contributed by atoms with Gasteiger partial charge in [0.2, 0.25) is 5.91 Å². The Bertz CT molecular complexity index is 601. The van der Waals surface area contributed by atoms with Gasteiger partial charge in [0, 0.05) is 12.3 Å². The number of hydrogen-bond donors (Lipinski definition) is 3. The molecular weight excluding hydrogens is 288 g/mol. The van der Waals surface area contributed by atoms with Crippen LogP contribution in [0.3, 0.4) is 0 Å². The molecule has 0 aliphatic rings. The molecule has 0 saturated heterocycles. The van der Waals surface area contributed by atoms with Crippen LogP contribution in [0.2, 0.25) is 0 Å². The van der Waals surface area contributed by atoms with Crippen LogP contribution in [0.15, 0.2) is 35.7 Å². The van der Waals surface area contributed by atoms with Crippen molar-refractivity contribution in [2.45, 2.75) is 23.8 Å². The molecule has 0 bridgehead atoms. The minimum absolute atomic E-state index is 0.139. The fourth-order valence-corrected chi connectivity index (χ4v) is 2.53. The van der Waals surface area contributed by atoms with Crippen LogP contribution in [0, 0.1) is 0 Å². The molecule has 8 heteroatoms. The van der Waals surface area contributed by atoms with Crippen molar-refractivity contribution in [3.8, 4) is 0 Å². The van der Waals surface area contributed by atoms with Crippen LogP contribution in [-0.2, 0) is 4.79 Å². The summed E-state index contributed by atoms with van der Waals surface area (Å²) >= 11 is 1.23. The number of rotatable bonds is 5. The molecule has 7 nitrogen and oxygen atoms in total. The number of hydrogen-bond acceptors (Lipinski definition) is 7. The van der Waals surface area contributed by atoms with Crippen LogP contribution in [0.1, 0.15) is 13.3 Å². The Kier molecular flexibility index (Phi) is 4.94. The predicted molar refractivity (Wildman–Crippen MR) is 83.7 cm³/mol. The van der Waals surface area contributed by atoms with E-state index >= 15 is 0 Å². The molecule has 2 aromatic rings. The molecule has 110 valence electrons. The molecule has 1 amide bonds. The number of nitrogens with zero attached hydrogens (tertiary/aromatic N) is 3. The molecule has 1 unspecified atom stereocenters. The van der Waals surface area contributed by atoms with Gasteiger partial charge in [-0.25, -0.2) is 9.97 Å². The minimum Gasteiger partial charge on any atom is -0.383 e. The molecule has 0 spiro atoms. The Hall–Kier alpha value is -2.35.